The molecule has 0 bridgehead atoms. The van der Waals surface area contributed by atoms with Crippen LogP contribution in [0.25, 0.3) is 11.1 Å². The third kappa shape index (κ3) is 3.96. The molecule has 1 aliphatic carbocycles. The molecule has 26 heavy (non-hydrogen) atoms. The highest BCUT2D eigenvalue weighted by Crippen LogP contribution is 2.41. The molecule has 2 atom stereocenters. The summed E-state index contributed by atoms with van der Waals surface area (Å²) >= 11 is 0. The van der Waals surface area contributed by atoms with Crippen LogP contribution in [0.15, 0.2) is 48.5 Å². The lowest BCUT2D eigenvalue weighted by atomic mass is 9.73. The summed E-state index contributed by atoms with van der Waals surface area (Å²) in [4.78, 5) is 12.6. The summed E-state index contributed by atoms with van der Waals surface area (Å²) in [6, 6.07) is 19.2. The van der Waals surface area contributed by atoms with Gasteiger partial charge in [0.05, 0.1) is 6.07 Å². The predicted octanol–water partition coefficient (Wildman–Crippen LogP) is 4.83. The maximum absolute atomic E-state index is 12.6. The molecule has 0 heterocycles. The number of nitriles is 1. The molecular weight excluding hydrogens is 320 g/mol. The molecule has 3 nitrogen and oxygen atoms in total. The second kappa shape index (κ2) is 8.67. The van der Waals surface area contributed by atoms with Crippen LogP contribution in [0.4, 0.5) is 0 Å². The van der Waals surface area contributed by atoms with Gasteiger partial charge in [-0.25, -0.2) is 0 Å². The molecule has 0 radical (unpaired) electrons. The molecule has 1 fully saturated rings. The van der Waals surface area contributed by atoms with Crippen molar-refractivity contribution in [2.75, 3.05) is 6.54 Å². The maximum Gasteiger partial charge on any atom is 0.224 e. The molecule has 134 valence electrons. The van der Waals surface area contributed by atoms with Gasteiger partial charge in [0.15, 0.2) is 0 Å². The molecule has 1 amide bonds. The van der Waals surface area contributed by atoms with Gasteiger partial charge in [0.1, 0.15) is 6.54 Å². The number of carbonyl (C=O) groups is 1. The highest BCUT2D eigenvalue weighted by atomic mass is 16.1. The fourth-order valence-corrected chi connectivity index (χ4v) is 4.08. The molecule has 0 saturated heterocycles. The zero-order valence-electron chi connectivity index (χ0n) is 15.4. The predicted molar refractivity (Wildman–Crippen MR) is 105 cm³/mol. The van der Waals surface area contributed by atoms with E-state index >= 15 is 0 Å². The average Bonchev–Trinajstić information content (AvgIpc) is 2.72. The monoisotopic (exact) mass is 346 g/mol. The van der Waals surface area contributed by atoms with Crippen molar-refractivity contribution in [3.8, 4) is 17.2 Å². The molecule has 1 aliphatic rings. The lowest BCUT2D eigenvalue weighted by Crippen LogP contribution is -2.36. The Labute approximate surface area is 156 Å². The Morgan fingerprint density at radius 3 is 2.58 bits per heavy atom. The first-order valence-electron chi connectivity index (χ1n) is 9.57. The first-order chi connectivity index (χ1) is 12.7. The van der Waals surface area contributed by atoms with Gasteiger partial charge in [-0.15, -0.1) is 0 Å². The number of rotatable bonds is 5. The summed E-state index contributed by atoms with van der Waals surface area (Å²) in [6.45, 7) is 2.25. The van der Waals surface area contributed by atoms with Gasteiger partial charge in [0.2, 0.25) is 5.91 Å². The third-order valence-corrected chi connectivity index (χ3v) is 5.48. The highest BCUT2D eigenvalue weighted by molar-refractivity contribution is 5.81. The topological polar surface area (TPSA) is 52.9 Å². The molecule has 1 N–H and O–H groups in total. The normalized spacial score (nSPS) is 19.5. The van der Waals surface area contributed by atoms with Crippen LogP contribution in [0.2, 0.25) is 0 Å². The SMILES string of the molecule is CCc1ccc(-c2ccccc2C2CCCCC2C(=O)NCC#N)cc1. The van der Waals surface area contributed by atoms with E-state index in [1.807, 2.05) is 6.07 Å². The van der Waals surface area contributed by atoms with E-state index in [4.69, 9.17) is 5.26 Å². The summed E-state index contributed by atoms with van der Waals surface area (Å²) in [5.74, 6) is 0.185. The molecule has 1 saturated carbocycles. The second-order valence-electron chi connectivity index (χ2n) is 7.01. The van der Waals surface area contributed by atoms with Crippen LogP contribution in [0, 0.1) is 17.2 Å². The van der Waals surface area contributed by atoms with Gasteiger partial charge in [-0.3, -0.25) is 4.79 Å². The van der Waals surface area contributed by atoms with Crippen molar-refractivity contribution in [1.82, 2.24) is 5.32 Å². The van der Waals surface area contributed by atoms with Crippen molar-refractivity contribution < 1.29 is 4.79 Å². The largest absolute Gasteiger partial charge is 0.343 e. The summed E-state index contributed by atoms with van der Waals surface area (Å²) in [7, 11) is 0. The first kappa shape index (κ1) is 18.2. The summed E-state index contributed by atoms with van der Waals surface area (Å²) in [5.41, 5.74) is 5.02. The van der Waals surface area contributed by atoms with Gasteiger partial charge in [0.25, 0.3) is 0 Å². The van der Waals surface area contributed by atoms with E-state index in [-0.39, 0.29) is 24.3 Å². The van der Waals surface area contributed by atoms with E-state index < -0.39 is 0 Å². The van der Waals surface area contributed by atoms with Crippen molar-refractivity contribution in [2.45, 2.75) is 44.9 Å². The van der Waals surface area contributed by atoms with Crippen LogP contribution in [0.3, 0.4) is 0 Å². The minimum Gasteiger partial charge on any atom is -0.343 e. The molecule has 0 spiro atoms. The number of hydrogen-bond donors (Lipinski definition) is 1. The van der Waals surface area contributed by atoms with E-state index in [2.05, 4.69) is 60.8 Å². The molecule has 0 aliphatic heterocycles. The molecule has 2 aromatic carbocycles. The van der Waals surface area contributed by atoms with Gasteiger partial charge in [0, 0.05) is 5.92 Å². The lowest BCUT2D eigenvalue weighted by molar-refractivity contribution is -0.126. The number of benzene rings is 2. The fourth-order valence-electron chi connectivity index (χ4n) is 4.08. The van der Waals surface area contributed by atoms with Crippen LogP contribution in [0.5, 0.6) is 0 Å². The smallest absolute Gasteiger partial charge is 0.224 e. The van der Waals surface area contributed by atoms with Crippen molar-refractivity contribution in [2.24, 2.45) is 5.92 Å². The molecule has 0 aromatic heterocycles. The summed E-state index contributed by atoms with van der Waals surface area (Å²) in [5, 5.41) is 11.5. The Kier molecular flexibility index (Phi) is 6.07. The maximum atomic E-state index is 12.6. The Morgan fingerprint density at radius 2 is 1.85 bits per heavy atom. The highest BCUT2D eigenvalue weighted by Gasteiger charge is 2.33. The fraction of sp³-hybridized carbons (Fsp3) is 0.391. The average molecular weight is 346 g/mol. The molecule has 2 aromatic rings. The zero-order valence-corrected chi connectivity index (χ0v) is 15.4. The molecular formula is C23H26N2O. The van der Waals surface area contributed by atoms with Crippen LogP contribution in [-0.2, 0) is 11.2 Å². The number of aryl methyl sites for hydroxylation is 1. The van der Waals surface area contributed by atoms with Crippen molar-refractivity contribution >= 4 is 5.91 Å². The summed E-state index contributed by atoms with van der Waals surface area (Å²) < 4.78 is 0. The van der Waals surface area contributed by atoms with Crippen LogP contribution in [-0.4, -0.2) is 12.5 Å². The third-order valence-electron chi connectivity index (χ3n) is 5.48. The van der Waals surface area contributed by atoms with E-state index in [0.29, 0.717) is 0 Å². The molecule has 3 heteroatoms. The van der Waals surface area contributed by atoms with Gasteiger partial charge in [-0.05, 0) is 47.4 Å². The standard InChI is InChI=1S/C23H26N2O/c1-2-17-11-13-18(14-12-17)19-7-3-4-8-20(19)21-9-5-6-10-22(21)23(26)25-16-15-24/h3-4,7-8,11-14,21-22H,2,5-6,9-10,16H2,1H3,(H,25,26). The molecule has 2 unspecified atom stereocenters. The van der Waals surface area contributed by atoms with Gasteiger partial charge >= 0.3 is 0 Å². The number of carbonyl (C=O) groups excluding carboxylic acids is 1. The van der Waals surface area contributed by atoms with Gasteiger partial charge < -0.3 is 5.32 Å². The van der Waals surface area contributed by atoms with E-state index in [0.717, 1.165) is 32.1 Å². The Bertz CT molecular complexity index is 789. The van der Waals surface area contributed by atoms with Gasteiger partial charge in [-0.1, -0.05) is 68.3 Å². The Balaban J connectivity index is 1.94. The van der Waals surface area contributed by atoms with E-state index in [1.165, 1.54) is 22.3 Å². The van der Waals surface area contributed by atoms with Crippen LogP contribution >= 0.6 is 0 Å². The van der Waals surface area contributed by atoms with Crippen LogP contribution in [0.1, 0.15) is 49.7 Å². The summed E-state index contributed by atoms with van der Waals surface area (Å²) in [6.07, 6.45) is 5.18. The Hall–Kier alpha value is -2.60. The van der Waals surface area contributed by atoms with Crippen molar-refractivity contribution in [3.05, 3.63) is 59.7 Å². The van der Waals surface area contributed by atoms with Crippen LogP contribution < -0.4 is 5.32 Å². The van der Waals surface area contributed by atoms with Crippen molar-refractivity contribution in [1.29, 1.82) is 5.26 Å². The minimum absolute atomic E-state index is 0.0207. The lowest BCUT2D eigenvalue weighted by Gasteiger charge is -2.32. The number of amides is 1. The minimum atomic E-state index is -0.0480. The van der Waals surface area contributed by atoms with Crippen molar-refractivity contribution in [3.63, 3.8) is 0 Å². The van der Waals surface area contributed by atoms with E-state index in [9.17, 15) is 4.79 Å². The molecule has 3 rings (SSSR count). The second-order valence-corrected chi connectivity index (χ2v) is 7.01. The van der Waals surface area contributed by atoms with Gasteiger partial charge in [-0.2, -0.15) is 5.26 Å². The Morgan fingerprint density at radius 1 is 1.12 bits per heavy atom. The first-order valence-corrected chi connectivity index (χ1v) is 9.57. The quantitative estimate of drug-likeness (QED) is 0.788. The number of hydrogen-bond acceptors (Lipinski definition) is 2. The number of nitrogens with zero attached hydrogens (tertiary/aromatic N) is 1. The number of nitrogens with one attached hydrogen (secondary N) is 1. The van der Waals surface area contributed by atoms with E-state index in [1.54, 1.807) is 0 Å². The zero-order chi connectivity index (χ0) is 18.4.